The summed E-state index contributed by atoms with van der Waals surface area (Å²) in [6.07, 6.45) is 1.70. The molecule has 0 bridgehead atoms. The van der Waals surface area contributed by atoms with Crippen molar-refractivity contribution in [3.05, 3.63) is 90.5 Å². The van der Waals surface area contributed by atoms with Crippen LogP contribution in [0.2, 0.25) is 0 Å². The van der Waals surface area contributed by atoms with Crippen molar-refractivity contribution in [3.63, 3.8) is 0 Å². The lowest BCUT2D eigenvalue weighted by Crippen LogP contribution is -2.39. The van der Waals surface area contributed by atoms with Crippen LogP contribution < -0.4 is 14.9 Å². The third kappa shape index (κ3) is 3.03. The third-order valence-corrected chi connectivity index (χ3v) is 5.56. The molecule has 0 radical (unpaired) electrons. The molecule has 0 aliphatic carbocycles. The topological polar surface area (TPSA) is 73.8 Å². The van der Waals surface area contributed by atoms with Gasteiger partial charge in [-0.25, -0.2) is 9.79 Å². The van der Waals surface area contributed by atoms with E-state index >= 15 is 0 Å². The number of rotatable bonds is 3. The molecule has 2 aromatic heterocycles. The van der Waals surface area contributed by atoms with Gasteiger partial charge in [-0.1, -0.05) is 41.7 Å². The first-order chi connectivity index (χ1) is 13.5. The smallest absolute Gasteiger partial charge is 0.338 e. The predicted molar refractivity (Wildman–Crippen MR) is 106 cm³/mol. The summed E-state index contributed by atoms with van der Waals surface area (Å²) in [5.74, 6) is 0.874. The fourth-order valence-corrected chi connectivity index (χ4v) is 4.33. The molecule has 0 amide bonds. The zero-order chi connectivity index (χ0) is 19.8. The maximum Gasteiger partial charge on any atom is 0.338 e. The SMILES string of the molecule is COC(=O)C1=C(C)N=c2s/c(=C/c3ccc(C)o3)c(=O)n2C1c1ccccc1. The van der Waals surface area contributed by atoms with Gasteiger partial charge in [-0.15, -0.1) is 0 Å². The maximum absolute atomic E-state index is 13.2. The van der Waals surface area contributed by atoms with E-state index in [4.69, 9.17) is 9.15 Å². The molecule has 3 aromatic rings. The van der Waals surface area contributed by atoms with Crippen molar-refractivity contribution >= 4 is 23.4 Å². The Balaban J connectivity index is 1.99. The van der Waals surface area contributed by atoms with Crippen molar-refractivity contribution in [2.45, 2.75) is 19.9 Å². The minimum atomic E-state index is -0.592. The molecular formula is C21H18N2O4S. The molecular weight excluding hydrogens is 376 g/mol. The van der Waals surface area contributed by atoms with E-state index in [-0.39, 0.29) is 5.56 Å². The van der Waals surface area contributed by atoms with Gasteiger partial charge in [-0.2, -0.15) is 0 Å². The van der Waals surface area contributed by atoms with Crippen LogP contribution in [0.25, 0.3) is 6.08 Å². The average molecular weight is 394 g/mol. The highest BCUT2D eigenvalue weighted by Gasteiger charge is 2.32. The zero-order valence-electron chi connectivity index (χ0n) is 15.6. The molecule has 1 unspecified atom stereocenters. The summed E-state index contributed by atoms with van der Waals surface area (Å²) in [6.45, 7) is 3.61. The van der Waals surface area contributed by atoms with Gasteiger partial charge in [0.15, 0.2) is 4.80 Å². The number of aromatic nitrogens is 1. The van der Waals surface area contributed by atoms with Crippen LogP contribution in [0.3, 0.4) is 0 Å². The number of esters is 1. The molecule has 1 aliphatic heterocycles. The lowest BCUT2D eigenvalue weighted by molar-refractivity contribution is -0.136. The Labute approximate surface area is 164 Å². The van der Waals surface area contributed by atoms with Crippen LogP contribution in [0.15, 0.2) is 67.9 Å². The second-order valence-electron chi connectivity index (χ2n) is 6.43. The summed E-state index contributed by atoms with van der Waals surface area (Å²) < 4.78 is 12.6. The first-order valence-electron chi connectivity index (χ1n) is 8.72. The van der Waals surface area contributed by atoms with Gasteiger partial charge in [0.25, 0.3) is 5.56 Å². The molecule has 1 atom stereocenters. The quantitative estimate of drug-likeness (QED) is 0.639. The van der Waals surface area contributed by atoms with E-state index in [2.05, 4.69) is 4.99 Å². The minimum Gasteiger partial charge on any atom is -0.466 e. The van der Waals surface area contributed by atoms with Crippen LogP contribution in [-0.4, -0.2) is 17.6 Å². The van der Waals surface area contributed by atoms with Gasteiger partial charge < -0.3 is 9.15 Å². The highest BCUT2D eigenvalue weighted by molar-refractivity contribution is 7.07. The normalized spacial score (nSPS) is 16.7. The number of thiazole rings is 1. The molecule has 3 heterocycles. The Hall–Kier alpha value is -3.19. The summed E-state index contributed by atoms with van der Waals surface area (Å²) in [4.78, 5) is 30.8. The number of fused-ring (bicyclic) bond motifs is 1. The standard InChI is InChI=1S/C21H18N2O4S/c1-12-9-10-15(27-12)11-16-19(24)23-18(14-7-5-4-6-8-14)17(20(25)26-3)13(2)22-21(23)28-16/h4-11,18H,1-3H3/b16-11+. The number of nitrogens with zero attached hydrogens (tertiary/aromatic N) is 2. The Morgan fingerprint density at radius 2 is 1.96 bits per heavy atom. The number of carbonyl (C=O) groups excluding carboxylic acids is 1. The number of aryl methyl sites for hydroxylation is 1. The largest absolute Gasteiger partial charge is 0.466 e. The van der Waals surface area contributed by atoms with Crippen molar-refractivity contribution in [1.82, 2.24) is 4.57 Å². The number of furan rings is 1. The molecule has 28 heavy (non-hydrogen) atoms. The molecule has 1 aliphatic rings. The fourth-order valence-electron chi connectivity index (χ4n) is 3.30. The summed E-state index contributed by atoms with van der Waals surface area (Å²) >= 11 is 1.27. The molecule has 6 nitrogen and oxygen atoms in total. The maximum atomic E-state index is 13.2. The van der Waals surface area contributed by atoms with Crippen LogP contribution >= 0.6 is 11.3 Å². The second-order valence-corrected chi connectivity index (χ2v) is 7.44. The Morgan fingerprint density at radius 3 is 2.61 bits per heavy atom. The lowest BCUT2D eigenvalue weighted by Gasteiger charge is -2.24. The molecule has 1 aromatic carbocycles. The van der Waals surface area contributed by atoms with Gasteiger partial charge >= 0.3 is 5.97 Å². The molecule has 142 valence electrons. The average Bonchev–Trinajstić information content (AvgIpc) is 3.24. The second kappa shape index (κ2) is 7.09. The van der Waals surface area contributed by atoms with Gasteiger partial charge in [-0.3, -0.25) is 9.36 Å². The molecule has 7 heteroatoms. The Bertz CT molecular complexity index is 1260. The van der Waals surface area contributed by atoms with Crippen LogP contribution in [-0.2, 0) is 9.53 Å². The third-order valence-electron chi connectivity index (χ3n) is 4.58. The number of hydrogen-bond acceptors (Lipinski definition) is 6. The van der Waals surface area contributed by atoms with Crippen LogP contribution in [0.5, 0.6) is 0 Å². The van der Waals surface area contributed by atoms with E-state index in [1.807, 2.05) is 49.4 Å². The fraction of sp³-hybridized carbons (Fsp3) is 0.190. The van der Waals surface area contributed by atoms with Crippen molar-refractivity contribution in [3.8, 4) is 0 Å². The molecule has 0 fully saturated rings. The van der Waals surface area contributed by atoms with Gasteiger partial charge in [0, 0.05) is 6.08 Å². The molecule has 0 saturated heterocycles. The van der Waals surface area contributed by atoms with Gasteiger partial charge in [0.1, 0.15) is 11.5 Å². The van der Waals surface area contributed by atoms with Crippen molar-refractivity contribution in [2.75, 3.05) is 7.11 Å². The van der Waals surface area contributed by atoms with E-state index in [9.17, 15) is 9.59 Å². The summed E-state index contributed by atoms with van der Waals surface area (Å²) in [5, 5.41) is 0. The van der Waals surface area contributed by atoms with E-state index in [0.717, 1.165) is 11.3 Å². The number of methoxy groups -OCH3 is 1. The first kappa shape index (κ1) is 18.2. The molecule has 0 saturated carbocycles. The minimum absolute atomic E-state index is 0.222. The highest BCUT2D eigenvalue weighted by atomic mass is 32.1. The van der Waals surface area contributed by atoms with Crippen LogP contribution in [0.1, 0.15) is 30.0 Å². The van der Waals surface area contributed by atoms with E-state index in [1.54, 1.807) is 17.6 Å². The Kier molecular flexibility index (Phi) is 4.60. The number of ether oxygens (including phenoxy) is 1. The van der Waals surface area contributed by atoms with E-state index < -0.39 is 12.0 Å². The van der Waals surface area contributed by atoms with Crippen molar-refractivity contribution < 1.29 is 13.9 Å². The zero-order valence-corrected chi connectivity index (χ0v) is 16.4. The molecule has 4 rings (SSSR count). The Morgan fingerprint density at radius 1 is 1.21 bits per heavy atom. The lowest BCUT2D eigenvalue weighted by atomic mass is 9.96. The highest BCUT2D eigenvalue weighted by Crippen LogP contribution is 2.30. The van der Waals surface area contributed by atoms with Crippen LogP contribution in [0.4, 0.5) is 0 Å². The monoisotopic (exact) mass is 394 g/mol. The number of allylic oxidation sites excluding steroid dienone is 1. The molecule has 0 N–H and O–H groups in total. The first-order valence-corrected chi connectivity index (χ1v) is 9.53. The van der Waals surface area contributed by atoms with E-state index in [0.29, 0.717) is 26.4 Å². The molecule has 0 spiro atoms. The predicted octanol–water partition coefficient (Wildman–Crippen LogP) is 2.31. The number of hydrogen-bond donors (Lipinski definition) is 0. The summed E-state index contributed by atoms with van der Waals surface area (Å²) in [5.41, 5.74) is 1.50. The van der Waals surface area contributed by atoms with E-state index in [1.165, 1.54) is 18.4 Å². The van der Waals surface area contributed by atoms with Crippen molar-refractivity contribution in [1.29, 1.82) is 0 Å². The van der Waals surface area contributed by atoms with Gasteiger partial charge in [0.05, 0.1) is 29.0 Å². The summed E-state index contributed by atoms with van der Waals surface area (Å²) in [7, 11) is 1.33. The van der Waals surface area contributed by atoms with Gasteiger partial charge in [-0.05, 0) is 31.5 Å². The van der Waals surface area contributed by atoms with Crippen LogP contribution in [0, 0.1) is 6.92 Å². The van der Waals surface area contributed by atoms with Crippen molar-refractivity contribution in [2.24, 2.45) is 4.99 Å². The summed E-state index contributed by atoms with van der Waals surface area (Å²) in [6, 6.07) is 12.5. The number of carbonyl (C=O) groups is 1. The van der Waals surface area contributed by atoms with Gasteiger partial charge in [0.2, 0.25) is 0 Å². The number of benzene rings is 1.